The maximum atomic E-state index is 12.4. The van der Waals surface area contributed by atoms with Crippen molar-refractivity contribution in [3.63, 3.8) is 0 Å². The molecule has 3 nitrogen and oxygen atoms in total. The molecule has 0 saturated carbocycles. The van der Waals surface area contributed by atoms with Crippen molar-refractivity contribution in [3.8, 4) is 5.75 Å². The molecule has 0 aliphatic rings. The summed E-state index contributed by atoms with van der Waals surface area (Å²) in [7, 11) is 0. The van der Waals surface area contributed by atoms with Crippen molar-refractivity contribution in [1.29, 1.82) is 0 Å². The Kier molecular flexibility index (Phi) is 7.82. The van der Waals surface area contributed by atoms with Gasteiger partial charge >= 0.3 is 6.18 Å². The number of benzene rings is 1. The molecule has 0 aliphatic carbocycles. The van der Waals surface area contributed by atoms with Crippen LogP contribution in [0, 0.1) is 0 Å². The topological polar surface area (TPSA) is 41.5 Å². The summed E-state index contributed by atoms with van der Waals surface area (Å²) in [6.07, 6.45) is -4.82. The first-order valence-electron chi connectivity index (χ1n) is 5.58. The molecule has 0 amide bonds. The maximum absolute atomic E-state index is 12.4. The number of aliphatic hydroxyl groups excluding tert-OH is 1. The Morgan fingerprint density at radius 2 is 2.05 bits per heavy atom. The molecule has 0 heterocycles. The lowest BCUT2D eigenvalue weighted by Crippen LogP contribution is -2.28. The Morgan fingerprint density at radius 1 is 1.37 bits per heavy atom. The summed E-state index contributed by atoms with van der Waals surface area (Å²) in [5.41, 5.74) is -0.725. The van der Waals surface area contributed by atoms with Gasteiger partial charge in [-0.2, -0.15) is 13.2 Å². The summed E-state index contributed by atoms with van der Waals surface area (Å²) < 4.78 is 42.4. The number of hydrogen-bond donors (Lipinski definition) is 2. The van der Waals surface area contributed by atoms with Gasteiger partial charge in [-0.1, -0.05) is 6.07 Å². The monoisotopic (exact) mass is 299 g/mol. The van der Waals surface area contributed by atoms with Crippen molar-refractivity contribution < 1.29 is 23.0 Å². The van der Waals surface area contributed by atoms with Gasteiger partial charge in [0.1, 0.15) is 12.4 Å². The highest BCUT2D eigenvalue weighted by Gasteiger charge is 2.30. The SMILES string of the molecule is CC(O)CNCCOc1cccc(C(F)(F)F)c1.Cl. The zero-order chi connectivity index (χ0) is 13.6. The molecule has 0 spiro atoms. The second kappa shape index (κ2) is 8.24. The molecule has 19 heavy (non-hydrogen) atoms. The van der Waals surface area contributed by atoms with Gasteiger partial charge in [-0.15, -0.1) is 12.4 Å². The van der Waals surface area contributed by atoms with E-state index in [1.807, 2.05) is 0 Å². The predicted octanol–water partition coefficient (Wildman–Crippen LogP) is 2.48. The number of aliphatic hydroxyl groups is 1. The first kappa shape index (κ1) is 18.0. The van der Waals surface area contributed by atoms with Gasteiger partial charge in [0.25, 0.3) is 0 Å². The van der Waals surface area contributed by atoms with Crippen LogP contribution in [0.15, 0.2) is 24.3 Å². The Balaban J connectivity index is 0.00000324. The van der Waals surface area contributed by atoms with Gasteiger partial charge in [-0.3, -0.25) is 0 Å². The van der Waals surface area contributed by atoms with Crippen molar-refractivity contribution in [2.24, 2.45) is 0 Å². The lowest BCUT2D eigenvalue weighted by Gasteiger charge is -2.11. The van der Waals surface area contributed by atoms with E-state index >= 15 is 0 Å². The minimum absolute atomic E-state index is 0. The molecule has 7 heteroatoms. The average molecular weight is 300 g/mol. The van der Waals surface area contributed by atoms with Crippen LogP contribution in [-0.4, -0.2) is 30.9 Å². The molecule has 110 valence electrons. The van der Waals surface area contributed by atoms with Crippen molar-refractivity contribution >= 4 is 12.4 Å². The summed E-state index contributed by atoms with van der Waals surface area (Å²) in [6.45, 7) is 2.77. The van der Waals surface area contributed by atoms with Crippen LogP contribution in [0.25, 0.3) is 0 Å². The molecule has 1 atom stereocenters. The molecule has 0 aliphatic heterocycles. The minimum Gasteiger partial charge on any atom is -0.492 e. The molecular formula is C12H17ClF3NO2. The quantitative estimate of drug-likeness (QED) is 0.793. The number of nitrogens with one attached hydrogen (secondary N) is 1. The zero-order valence-electron chi connectivity index (χ0n) is 10.4. The van der Waals surface area contributed by atoms with Crippen molar-refractivity contribution in [2.75, 3.05) is 19.7 Å². The second-order valence-corrected chi connectivity index (χ2v) is 3.93. The second-order valence-electron chi connectivity index (χ2n) is 3.93. The van der Waals surface area contributed by atoms with Gasteiger partial charge < -0.3 is 15.2 Å². The largest absolute Gasteiger partial charge is 0.492 e. The standard InChI is InChI=1S/C12H16F3NO2.ClH/c1-9(17)8-16-5-6-18-11-4-2-3-10(7-11)12(13,14)15;/h2-4,7,9,16-17H,5-6,8H2,1H3;1H. The number of alkyl halides is 3. The van der Waals surface area contributed by atoms with Crippen LogP contribution in [0.3, 0.4) is 0 Å². The van der Waals surface area contributed by atoms with Gasteiger partial charge in [-0.05, 0) is 25.1 Å². The van der Waals surface area contributed by atoms with E-state index in [1.54, 1.807) is 6.92 Å². The molecule has 0 aromatic heterocycles. The average Bonchev–Trinajstić information content (AvgIpc) is 2.27. The summed E-state index contributed by atoms with van der Waals surface area (Å²) in [6, 6.07) is 4.75. The summed E-state index contributed by atoms with van der Waals surface area (Å²) in [5, 5.41) is 11.9. The predicted molar refractivity (Wildman–Crippen MR) is 68.7 cm³/mol. The number of hydrogen-bond acceptors (Lipinski definition) is 3. The highest BCUT2D eigenvalue weighted by atomic mass is 35.5. The minimum atomic E-state index is -4.36. The first-order chi connectivity index (χ1) is 8.39. The Bertz CT molecular complexity index is 372. The third-order valence-corrected chi connectivity index (χ3v) is 2.15. The Labute approximate surface area is 116 Å². The fraction of sp³-hybridized carbons (Fsp3) is 0.500. The van der Waals surface area contributed by atoms with E-state index in [2.05, 4.69) is 5.32 Å². The Hall–Kier alpha value is -0.980. The Morgan fingerprint density at radius 3 is 2.63 bits per heavy atom. The van der Waals surface area contributed by atoms with E-state index in [0.29, 0.717) is 13.1 Å². The molecule has 0 saturated heterocycles. The van der Waals surface area contributed by atoms with Crippen molar-refractivity contribution in [1.82, 2.24) is 5.32 Å². The van der Waals surface area contributed by atoms with Gasteiger partial charge in [0, 0.05) is 13.1 Å². The van der Waals surface area contributed by atoms with Gasteiger partial charge in [0.2, 0.25) is 0 Å². The van der Waals surface area contributed by atoms with Crippen LogP contribution in [-0.2, 0) is 6.18 Å². The van der Waals surface area contributed by atoms with Gasteiger partial charge in [0.05, 0.1) is 11.7 Å². The molecule has 1 rings (SSSR count). The molecule has 0 fully saturated rings. The van der Waals surface area contributed by atoms with Crippen LogP contribution in [0.2, 0.25) is 0 Å². The third kappa shape index (κ3) is 7.25. The van der Waals surface area contributed by atoms with Crippen LogP contribution < -0.4 is 10.1 Å². The highest BCUT2D eigenvalue weighted by Crippen LogP contribution is 2.31. The van der Waals surface area contributed by atoms with Crippen LogP contribution in [0.1, 0.15) is 12.5 Å². The lowest BCUT2D eigenvalue weighted by atomic mass is 10.2. The van der Waals surface area contributed by atoms with E-state index in [9.17, 15) is 13.2 Å². The maximum Gasteiger partial charge on any atom is 0.416 e. The molecule has 1 unspecified atom stereocenters. The lowest BCUT2D eigenvalue weighted by molar-refractivity contribution is -0.137. The zero-order valence-corrected chi connectivity index (χ0v) is 11.2. The van der Waals surface area contributed by atoms with Gasteiger partial charge in [0.15, 0.2) is 0 Å². The van der Waals surface area contributed by atoms with Crippen molar-refractivity contribution in [2.45, 2.75) is 19.2 Å². The van der Waals surface area contributed by atoms with E-state index in [1.165, 1.54) is 12.1 Å². The number of halogens is 4. The fourth-order valence-electron chi connectivity index (χ4n) is 1.31. The third-order valence-electron chi connectivity index (χ3n) is 2.15. The molecule has 0 radical (unpaired) electrons. The smallest absolute Gasteiger partial charge is 0.416 e. The molecule has 2 N–H and O–H groups in total. The van der Waals surface area contributed by atoms with Crippen molar-refractivity contribution in [3.05, 3.63) is 29.8 Å². The van der Waals surface area contributed by atoms with E-state index in [0.717, 1.165) is 12.1 Å². The molecule has 1 aromatic carbocycles. The summed E-state index contributed by atoms with van der Waals surface area (Å²) in [5.74, 6) is 0.184. The van der Waals surface area contributed by atoms with Crippen LogP contribution in [0.4, 0.5) is 13.2 Å². The first-order valence-corrected chi connectivity index (χ1v) is 5.58. The van der Waals surface area contributed by atoms with Crippen LogP contribution >= 0.6 is 12.4 Å². The normalized spacial score (nSPS) is 12.7. The fourth-order valence-corrected chi connectivity index (χ4v) is 1.31. The van der Waals surface area contributed by atoms with Crippen LogP contribution in [0.5, 0.6) is 5.75 Å². The van der Waals surface area contributed by atoms with Gasteiger partial charge in [-0.25, -0.2) is 0 Å². The molecular weight excluding hydrogens is 283 g/mol. The van der Waals surface area contributed by atoms with E-state index < -0.39 is 17.8 Å². The van der Waals surface area contributed by atoms with E-state index in [4.69, 9.17) is 9.84 Å². The van der Waals surface area contributed by atoms with E-state index in [-0.39, 0.29) is 24.8 Å². The number of ether oxygens (including phenoxy) is 1. The summed E-state index contributed by atoms with van der Waals surface area (Å²) >= 11 is 0. The molecule has 1 aromatic rings. The number of rotatable bonds is 6. The summed E-state index contributed by atoms with van der Waals surface area (Å²) in [4.78, 5) is 0. The molecule has 0 bridgehead atoms. The highest BCUT2D eigenvalue weighted by molar-refractivity contribution is 5.85.